The Hall–Kier alpha value is -8.60. The average Bonchev–Trinajstić information content (AvgIpc) is 3.78. The van der Waals surface area contributed by atoms with E-state index in [4.69, 9.17) is 4.42 Å². The average molecular weight is 839 g/mol. The number of fused-ring (bicyclic) bond motifs is 11. The minimum Gasteiger partial charge on any atom is -0.456 e. The fourth-order valence-corrected chi connectivity index (χ4v) is 11.1. The molecule has 0 aliphatic carbocycles. The van der Waals surface area contributed by atoms with Gasteiger partial charge >= 0.3 is 0 Å². The standard InChI is InChI=1S/C62H39BN2O/c1-3-14-40(15-4-1)42-26-32-47(33-27-42)64-55-38-46(49-23-13-25-58-59(49)52-22-11-12-24-57(52)66-58)39-56-60(55)63(53-36-30-44-18-7-9-20-50(44)61(53)64)54-37-31-45-19-8-10-21-51(45)62(54)65(56)48-34-28-43(29-35-48)41-16-5-2-6-17-41/h1-39H. The van der Waals surface area contributed by atoms with Crippen molar-refractivity contribution in [2.45, 2.75) is 0 Å². The van der Waals surface area contributed by atoms with Crippen LogP contribution in [-0.4, -0.2) is 6.71 Å². The van der Waals surface area contributed by atoms with Crippen molar-refractivity contribution >= 4 is 101 Å². The highest BCUT2D eigenvalue weighted by Gasteiger charge is 2.45. The summed E-state index contributed by atoms with van der Waals surface area (Å²) in [6, 6.07) is 86.8. The summed E-state index contributed by atoms with van der Waals surface area (Å²) in [4.78, 5) is 5.11. The Bertz CT molecular complexity index is 3680. The van der Waals surface area contributed by atoms with Crippen molar-refractivity contribution in [3.63, 3.8) is 0 Å². The molecule has 306 valence electrons. The number of nitrogens with zero attached hydrogens (tertiary/aromatic N) is 2. The molecule has 3 heterocycles. The van der Waals surface area contributed by atoms with Crippen molar-refractivity contribution < 1.29 is 4.42 Å². The van der Waals surface area contributed by atoms with Crippen LogP contribution in [0, 0.1) is 0 Å². The third kappa shape index (κ3) is 5.52. The lowest BCUT2D eigenvalue weighted by molar-refractivity contribution is 0.669. The molecule has 2 aliphatic heterocycles. The van der Waals surface area contributed by atoms with Gasteiger partial charge in [0, 0.05) is 55.7 Å². The van der Waals surface area contributed by atoms with Gasteiger partial charge in [0.25, 0.3) is 6.71 Å². The Balaban J connectivity index is 1.11. The van der Waals surface area contributed by atoms with Crippen LogP contribution in [0.5, 0.6) is 0 Å². The summed E-state index contributed by atoms with van der Waals surface area (Å²) in [7, 11) is 0. The smallest absolute Gasteiger partial charge is 0.252 e. The first-order valence-electron chi connectivity index (χ1n) is 22.8. The number of hydrogen-bond acceptors (Lipinski definition) is 3. The van der Waals surface area contributed by atoms with E-state index in [0.29, 0.717) is 0 Å². The van der Waals surface area contributed by atoms with Crippen LogP contribution in [0.25, 0.3) is 76.9 Å². The first-order valence-corrected chi connectivity index (χ1v) is 22.8. The molecule has 0 unspecified atom stereocenters. The molecule has 3 nitrogen and oxygen atoms in total. The third-order valence-electron chi connectivity index (χ3n) is 14.0. The molecule has 1 aromatic heterocycles. The first kappa shape index (κ1) is 36.8. The van der Waals surface area contributed by atoms with Gasteiger partial charge in [-0.3, -0.25) is 0 Å². The van der Waals surface area contributed by atoms with Gasteiger partial charge in [-0.1, -0.05) is 188 Å². The molecule has 0 fully saturated rings. The minimum absolute atomic E-state index is 0.0477. The molecule has 0 saturated heterocycles. The van der Waals surface area contributed by atoms with E-state index in [2.05, 4.69) is 246 Å². The highest BCUT2D eigenvalue weighted by atomic mass is 16.3. The van der Waals surface area contributed by atoms with Crippen molar-refractivity contribution in [3.05, 3.63) is 237 Å². The number of anilines is 6. The maximum atomic E-state index is 6.56. The van der Waals surface area contributed by atoms with Gasteiger partial charge < -0.3 is 14.2 Å². The maximum absolute atomic E-state index is 6.56. The predicted octanol–water partition coefficient (Wildman–Crippen LogP) is 15.0. The van der Waals surface area contributed by atoms with E-state index in [-0.39, 0.29) is 6.71 Å². The van der Waals surface area contributed by atoms with Crippen LogP contribution >= 0.6 is 0 Å². The SMILES string of the molecule is c1ccc(-c2ccc(N3c4cc(-c5cccc6oc7ccccc7c56)cc5c4B(c4ccc6ccccc6c43)c3ccc4ccccc4c3N5c3ccc(-c4ccccc4)cc3)cc2)cc1. The molecule has 11 aromatic carbocycles. The summed E-state index contributed by atoms with van der Waals surface area (Å²) >= 11 is 0. The van der Waals surface area contributed by atoms with E-state index in [1.54, 1.807) is 0 Å². The Morgan fingerprint density at radius 3 is 1.33 bits per heavy atom. The molecule has 66 heavy (non-hydrogen) atoms. The summed E-state index contributed by atoms with van der Waals surface area (Å²) in [6.45, 7) is -0.0477. The summed E-state index contributed by atoms with van der Waals surface area (Å²) < 4.78 is 6.56. The number of benzene rings is 11. The summed E-state index contributed by atoms with van der Waals surface area (Å²) in [5.74, 6) is 0. The van der Waals surface area contributed by atoms with Crippen molar-refractivity contribution in [1.82, 2.24) is 0 Å². The summed E-state index contributed by atoms with van der Waals surface area (Å²) in [5.41, 5.74) is 19.7. The number of rotatable bonds is 5. The summed E-state index contributed by atoms with van der Waals surface area (Å²) in [6.07, 6.45) is 0. The molecule has 4 heteroatoms. The van der Waals surface area contributed by atoms with Gasteiger partial charge in [-0.2, -0.15) is 0 Å². The predicted molar refractivity (Wildman–Crippen MR) is 279 cm³/mol. The lowest BCUT2D eigenvalue weighted by Gasteiger charge is -2.45. The molecular weight excluding hydrogens is 800 g/mol. The highest BCUT2D eigenvalue weighted by Crippen LogP contribution is 2.50. The monoisotopic (exact) mass is 838 g/mol. The van der Waals surface area contributed by atoms with Crippen LogP contribution in [0.15, 0.2) is 241 Å². The van der Waals surface area contributed by atoms with Crippen LogP contribution in [-0.2, 0) is 0 Å². The van der Waals surface area contributed by atoms with Gasteiger partial charge in [0.2, 0.25) is 0 Å². The van der Waals surface area contributed by atoms with E-state index < -0.39 is 0 Å². The van der Waals surface area contributed by atoms with Gasteiger partial charge in [0.1, 0.15) is 11.2 Å². The topological polar surface area (TPSA) is 19.6 Å². The molecule has 0 N–H and O–H groups in total. The minimum atomic E-state index is -0.0477. The Morgan fingerprint density at radius 2 is 0.788 bits per heavy atom. The molecule has 2 aliphatic rings. The van der Waals surface area contributed by atoms with Gasteiger partial charge in [-0.15, -0.1) is 0 Å². The van der Waals surface area contributed by atoms with E-state index in [9.17, 15) is 0 Å². The molecule has 0 saturated carbocycles. The third-order valence-corrected chi connectivity index (χ3v) is 14.0. The molecule has 0 atom stereocenters. The second kappa shape index (κ2) is 14.5. The molecule has 0 radical (unpaired) electrons. The zero-order chi connectivity index (χ0) is 43.3. The van der Waals surface area contributed by atoms with Gasteiger partial charge in [0.15, 0.2) is 0 Å². The van der Waals surface area contributed by atoms with Crippen molar-refractivity contribution in [2.24, 2.45) is 0 Å². The molecule has 0 amide bonds. The second-order valence-corrected chi connectivity index (χ2v) is 17.6. The quantitative estimate of drug-likeness (QED) is 0.161. The van der Waals surface area contributed by atoms with Crippen molar-refractivity contribution in [3.8, 4) is 33.4 Å². The van der Waals surface area contributed by atoms with E-state index >= 15 is 0 Å². The Morgan fingerprint density at radius 1 is 0.333 bits per heavy atom. The highest BCUT2D eigenvalue weighted by molar-refractivity contribution is 7.00. The van der Waals surface area contributed by atoms with Crippen LogP contribution in [0.1, 0.15) is 0 Å². The molecular formula is C62H39BN2O. The Labute approximate surface area is 383 Å². The van der Waals surface area contributed by atoms with Gasteiger partial charge in [-0.25, -0.2) is 0 Å². The first-order chi connectivity index (χ1) is 32.7. The number of hydrogen-bond donors (Lipinski definition) is 0. The van der Waals surface area contributed by atoms with Crippen molar-refractivity contribution in [2.75, 3.05) is 9.80 Å². The fraction of sp³-hybridized carbons (Fsp3) is 0. The van der Waals surface area contributed by atoms with Gasteiger partial charge in [0.05, 0.1) is 0 Å². The summed E-state index contributed by atoms with van der Waals surface area (Å²) in [5, 5.41) is 7.12. The molecule has 12 aromatic rings. The van der Waals surface area contributed by atoms with Crippen LogP contribution in [0.2, 0.25) is 0 Å². The fourth-order valence-electron chi connectivity index (χ4n) is 11.1. The largest absolute Gasteiger partial charge is 0.456 e. The second-order valence-electron chi connectivity index (χ2n) is 17.6. The van der Waals surface area contributed by atoms with Gasteiger partial charge in [-0.05, 0) is 109 Å². The maximum Gasteiger partial charge on any atom is 0.252 e. The van der Waals surface area contributed by atoms with Crippen molar-refractivity contribution in [1.29, 1.82) is 0 Å². The Kier molecular flexibility index (Phi) is 8.08. The lowest BCUT2D eigenvalue weighted by Crippen LogP contribution is -2.61. The van der Waals surface area contributed by atoms with E-state index in [1.165, 1.54) is 82.9 Å². The number of furan rings is 1. The van der Waals surface area contributed by atoms with E-state index in [0.717, 1.165) is 44.4 Å². The molecule has 0 spiro atoms. The molecule has 0 bridgehead atoms. The zero-order valence-corrected chi connectivity index (χ0v) is 35.9. The van der Waals surface area contributed by atoms with E-state index in [1.807, 2.05) is 0 Å². The zero-order valence-electron chi connectivity index (χ0n) is 35.9. The molecule has 14 rings (SSSR count). The van der Waals surface area contributed by atoms with Crippen LogP contribution in [0.4, 0.5) is 34.1 Å². The number of para-hydroxylation sites is 1. The van der Waals surface area contributed by atoms with Crippen LogP contribution in [0.3, 0.4) is 0 Å². The van der Waals surface area contributed by atoms with Crippen LogP contribution < -0.4 is 26.2 Å². The lowest BCUT2D eigenvalue weighted by atomic mass is 9.33. The normalized spacial score (nSPS) is 12.8.